The Balaban J connectivity index is 2.18. The van der Waals surface area contributed by atoms with Crippen molar-refractivity contribution in [2.75, 3.05) is 11.6 Å². The molecule has 0 aliphatic rings. The van der Waals surface area contributed by atoms with E-state index in [1.807, 2.05) is 0 Å². The number of nitrogens with zero attached hydrogens (tertiary/aromatic N) is 2. The van der Waals surface area contributed by atoms with E-state index in [9.17, 15) is 0 Å². The number of thioether (sulfide) groups is 1. The van der Waals surface area contributed by atoms with Crippen LogP contribution in [-0.4, -0.2) is 21.2 Å². The highest BCUT2D eigenvalue weighted by Crippen LogP contribution is 2.25. The van der Waals surface area contributed by atoms with Gasteiger partial charge in [-0.2, -0.15) is 9.36 Å². The molecule has 0 unspecified atom stereocenters. The van der Waals surface area contributed by atoms with Gasteiger partial charge < -0.3 is 5.32 Å². The van der Waals surface area contributed by atoms with E-state index in [1.54, 1.807) is 11.8 Å². The molecule has 96 valence electrons. The number of hydrogen-bond acceptors (Lipinski definition) is 5. The monoisotopic (exact) mass is 279 g/mol. The minimum atomic E-state index is 0.0134. The van der Waals surface area contributed by atoms with E-state index < -0.39 is 0 Å². The van der Waals surface area contributed by atoms with Crippen LogP contribution in [0.5, 0.6) is 0 Å². The predicted octanol–water partition coefficient (Wildman–Crippen LogP) is 4.14. The van der Waals surface area contributed by atoms with Crippen LogP contribution >= 0.6 is 23.3 Å². The van der Waals surface area contributed by atoms with Gasteiger partial charge in [-0.15, -0.1) is 11.8 Å². The Morgan fingerprint density at radius 1 is 1.17 bits per heavy atom. The fourth-order valence-electron chi connectivity index (χ4n) is 1.45. The van der Waals surface area contributed by atoms with Gasteiger partial charge in [0.25, 0.3) is 0 Å². The van der Waals surface area contributed by atoms with Gasteiger partial charge in [0.05, 0.1) is 0 Å². The molecule has 1 aromatic carbocycles. The zero-order valence-corrected chi connectivity index (χ0v) is 12.7. The van der Waals surface area contributed by atoms with Gasteiger partial charge in [-0.25, -0.2) is 0 Å². The zero-order valence-electron chi connectivity index (χ0n) is 11.0. The summed E-state index contributed by atoms with van der Waals surface area (Å²) in [6.07, 6.45) is 2.07. The lowest BCUT2D eigenvalue weighted by Gasteiger charge is -2.18. The van der Waals surface area contributed by atoms with Crippen molar-refractivity contribution in [1.82, 2.24) is 9.36 Å². The Morgan fingerprint density at radius 2 is 1.83 bits per heavy atom. The second kappa shape index (κ2) is 5.28. The molecule has 0 saturated heterocycles. The van der Waals surface area contributed by atoms with Crippen LogP contribution in [0.2, 0.25) is 0 Å². The molecule has 2 rings (SSSR count). The molecule has 1 N–H and O–H groups in total. The molecular formula is C13H17N3S2. The minimum absolute atomic E-state index is 0.0134. The molecular weight excluding hydrogens is 262 g/mol. The maximum atomic E-state index is 4.51. The third kappa shape index (κ3) is 3.46. The van der Waals surface area contributed by atoms with E-state index >= 15 is 0 Å². The van der Waals surface area contributed by atoms with Crippen molar-refractivity contribution in [2.45, 2.75) is 31.2 Å². The van der Waals surface area contributed by atoms with Gasteiger partial charge in [0.2, 0.25) is 5.13 Å². The maximum absolute atomic E-state index is 4.51. The first-order valence-electron chi connectivity index (χ1n) is 5.74. The molecule has 5 heteroatoms. The van der Waals surface area contributed by atoms with Crippen LogP contribution < -0.4 is 5.32 Å². The predicted molar refractivity (Wildman–Crippen MR) is 80.5 cm³/mol. The fraction of sp³-hybridized carbons (Fsp3) is 0.385. The van der Waals surface area contributed by atoms with Crippen LogP contribution in [0.15, 0.2) is 29.2 Å². The van der Waals surface area contributed by atoms with Crippen LogP contribution in [0.4, 0.5) is 5.13 Å². The van der Waals surface area contributed by atoms with Gasteiger partial charge in [0.1, 0.15) is 0 Å². The minimum Gasteiger partial charge on any atom is -0.356 e. The van der Waals surface area contributed by atoms with Crippen LogP contribution in [0.1, 0.15) is 20.8 Å². The molecule has 0 fully saturated rings. The fourth-order valence-corrected chi connectivity index (χ4v) is 2.66. The molecule has 0 radical (unpaired) electrons. The summed E-state index contributed by atoms with van der Waals surface area (Å²) in [5.74, 6) is 0.791. The molecule has 0 amide bonds. The Kier molecular flexibility index (Phi) is 3.92. The van der Waals surface area contributed by atoms with E-state index in [0.29, 0.717) is 0 Å². The summed E-state index contributed by atoms with van der Waals surface area (Å²) in [5.41, 5.74) is 1.07. The number of nitrogens with one attached hydrogen (secondary N) is 1. The molecule has 0 saturated carbocycles. The molecule has 0 atom stereocenters. The largest absolute Gasteiger partial charge is 0.356 e. The molecule has 1 aromatic heterocycles. The number of benzene rings is 1. The topological polar surface area (TPSA) is 37.8 Å². The Bertz CT molecular complexity index is 512. The summed E-state index contributed by atoms with van der Waals surface area (Å²) >= 11 is 3.14. The van der Waals surface area contributed by atoms with Crippen LogP contribution in [-0.2, 0) is 0 Å². The molecule has 18 heavy (non-hydrogen) atoms. The first-order chi connectivity index (χ1) is 8.48. The van der Waals surface area contributed by atoms with Gasteiger partial charge in [-0.3, -0.25) is 0 Å². The third-order valence-electron chi connectivity index (χ3n) is 2.26. The highest BCUT2D eigenvalue weighted by molar-refractivity contribution is 7.98. The lowest BCUT2D eigenvalue weighted by atomic mass is 10.1. The van der Waals surface area contributed by atoms with E-state index in [1.165, 1.54) is 16.4 Å². The van der Waals surface area contributed by atoms with Gasteiger partial charge in [-0.1, -0.05) is 12.1 Å². The van der Waals surface area contributed by atoms with Crippen molar-refractivity contribution in [3.8, 4) is 11.4 Å². The molecule has 3 nitrogen and oxygen atoms in total. The molecule has 0 spiro atoms. The van der Waals surface area contributed by atoms with E-state index in [4.69, 9.17) is 0 Å². The number of aromatic nitrogens is 2. The van der Waals surface area contributed by atoms with E-state index in [-0.39, 0.29) is 5.54 Å². The summed E-state index contributed by atoms with van der Waals surface area (Å²) in [6.45, 7) is 6.34. The SMILES string of the molecule is CSc1ccc(-c2nsc(NC(C)(C)C)n2)cc1. The highest BCUT2D eigenvalue weighted by Gasteiger charge is 2.13. The van der Waals surface area contributed by atoms with Crippen molar-refractivity contribution in [3.63, 3.8) is 0 Å². The molecule has 0 aliphatic carbocycles. The van der Waals surface area contributed by atoms with Crippen LogP contribution in [0.25, 0.3) is 11.4 Å². The van der Waals surface area contributed by atoms with E-state index in [0.717, 1.165) is 16.5 Å². The number of rotatable bonds is 3. The van der Waals surface area contributed by atoms with Crippen molar-refractivity contribution < 1.29 is 0 Å². The lowest BCUT2D eigenvalue weighted by molar-refractivity contribution is 0.633. The zero-order chi connectivity index (χ0) is 13.2. The lowest BCUT2D eigenvalue weighted by Crippen LogP contribution is -2.25. The van der Waals surface area contributed by atoms with Gasteiger partial charge >= 0.3 is 0 Å². The Hall–Kier alpha value is -1.07. The molecule has 0 aliphatic heterocycles. The highest BCUT2D eigenvalue weighted by atomic mass is 32.2. The molecule has 1 heterocycles. The Labute approximate surface area is 116 Å². The quantitative estimate of drug-likeness (QED) is 0.857. The second-order valence-corrected chi connectivity index (χ2v) is 6.66. The van der Waals surface area contributed by atoms with Crippen molar-refractivity contribution in [1.29, 1.82) is 0 Å². The first-order valence-corrected chi connectivity index (χ1v) is 7.74. The van der Waals surface area contributed by atoms with Crippen molar-refractivity contribution in [2.24, 2.45) is 0 Å². The summed E-state index contributed by atoms with van der Waals surface area (Å²) in [5, 5.41) is 4.20. The van der Waals surface area contributed by atoms with Crippen LogP contribution in [0.3, 0.4) is 0 Å². The smallest absolute Gasteiger partial charge is 0.203 e. The molecule has 0 bridgehead atoms. The summed E-state index contributed by atoms with van der Waals surface area (Å²) in [7, 11) is 0. The summed E-state index contributed by atoms with van der Waals surface area (Å²) in [6, 6.07) is 8.32. The second-order valence-electron chi connectivity index (χ2n) is 5.03. The first kappa shape index (κ1) is 13.4. The van der Waals surface area contributed by atoms with Gasteiger partial charge in [0.15, 0.2) is 5.82 Å². The summed E-state index contributed by atoms with van der Waals surface area (Å²) < 4.78 is 4.39. The standard InChI is InChI=1S/C13H17N3S2/c1-13(2,3)15-12-14-11(16-18-12)9-5-7-10(17-4)8-6-9/h5-8H,1-4H3,(H,14,15,16). The van der Waals surface area contributed by atoms with Crippen molar-refractivity contribution >= 4 is 28.4 Å². The average molecular weight is 279 g/mol. The third-order valence-corrected chi connectivity index (χ3v) is 3.63. The van der Waals surface area contributed by atoms with E-state index in [2.05, 4.69) is 66.0 Å². The normalized spacial score (nSPS) is 11.6. The Morgan fingerprint density at radius 3 is 2.39 bits per heavy atom. The maximum Gasteiger partial charge on any atom is 0.203 e. The average Bonchev–Trinajstić information content (AvgIpc) is 2.75. The summed E-state index contributed by atoms with van der Waals surface area (Å²) in [4.78, 5) is 5.76. The number of anilines is 1. The van der Waals surface area contributed by atoms with Gasteiger partial charge in [0, 0.05) is 27.5 Å². The number of hydrogen-bond donors (Lipinski definition) is 1. The molecule has 2 aromatic rings. The van der Waals surface area contributed by atoms with Crippen molar-refractivity contribution in [3.05, 3.63) is 24.3 Å². The van der Waals surface area contributed by atoms with Crippen LogP contribution in [0, 0.1) is 0 Å². The van der Waals surface area contributed by atoms with Gasteiger partial charge in [-0.05, 0) is 39.2 Å².